The van der Waals surface area contributed by atoms with Crippen molar-refractivity contribution in [2.45, 2.75) is 78.1 Å². The van der Waals surface area contributed by atoms with Crippen molar-refractivity contribution >= 4 is 202 Å². The molecule has 22 rings (SSSR count). The van der Waals surface area contributed by atoms with Crippen LogP contribution in [0.1, 0.15) is 5.56 Å². The highest BCUT2D eigenvalue weighted by Gasteiger charge is 2.49. The van der Waals surface area contributed by atoms with E-state index < -0.39 is 32.3 Å². The van der Waals surface area contributed by atoms with E-state index in [1.807, 2.05) is 0 Å². The molecule has 4 heterocycles. The van der Waals surface area contributed by atoms with Crippen molar-refractivity contribution in [3.8, 4) is 44.5 Å². The van der Waals surface area contributed by atoms with Gasteiger partial charge in [0.15, 0.2) is 0 Å². The zero-order valence-corrected chi connectivity index (χ0v) is 81.0. The maximum atomic E-state index is 2.70. The van der Waals surface area contributed by atoms with Crippen LogP contribution in [0, 0.1) is 0 Å². The minimum absolute atomic E-state index is 0.105. The molecule has 18 aromatic carbocycles. The molecule has 6 nitrogen and oxygen atoms in total. The Balaban J connectivity index is 0.757. The summed E-state index contributed by atoms with van der Waals surface area (Å²) < 4.78 is 0. The molecule has 0 saturated carbocycles. The summed E-state index contributed by atoms with van der Waals surface area (Å²) in [6.45, 7) is 27.5. The summed E-state index contributed by atoms with van der Waals surface area (Å²) in [5.41, 5.74) is 39.0. The second kappa shape index (κ2) is 33.3. The van der Waals surface area contributed by atoms with Gasteiger partial charge in [0.2, 0.25) is 0 Å². The first-order valence-corrected chi connectivity index (χ1v) is 60.4. The molecule has 638 valence electrons. The van der Waals surface area contributed by atoms with E-state index in [1.54, 1.807) is 0 Å². The average molecular weight is 1770 g/mol. The summed E-state index contributed by atoms with van der Waals surface area (Å²) in [5, 5.41) is 5.70. The van der Waals surface area contributed by atoms with Crippen molar-refractivity contribution < 1.29 is 0 Å². The highest BCUT2D eigenvalue weighted by Crippen LogP contribution is 2.55. The third-order valence-electron chi connectivity index (χ3n) is 27.8. The smallest absolute Gasteiger partial charge is 0.252 e. The second-order valence-electron chi connectivity index (χ2n) is 39.8. The average Bonchev–Trinajstić information content (AvgIpc) is 0.692. The van der Waals surface area contributed by atoms with Gasteiger partial charge in [0.25, 0.3) is 13.4 Å². The lowest BCUT2D eigenvalue weighted by atomic mass is 9.33. The number of benzene rings is 18. The van der Waals surface area contributed by atoms with Crippen molar-refractivity contribution in [2.24, 2.45) is 0 Å². The van der Waals surface area contributed by atoms with Gasteiger partial charge < -0.3 is 29.4 Å². The van der Waals surface area contributed by atoms with Gasteiger partial charge in [-0.15, -0.1) is 0 Å². The van der Waals surface area contributed by atoms with Gasteiger partial charge in [0.1, 0.15) is 0 Å². The first-order chi connectivity index (χ1) is 64.2. The first kappa shape index (κ1) is 83.4. The predicted octanol–water partition coefficient (Wildman–Crippen LogP) is 26.8. The fraction of sp³-hybridized carbons (Fsp3) is 0.100. The van der Waals surface area contributed by atoms with E-state index in [0.29, 0.717) is 0 Å². The predicted molar refractivity (Wildman–Crippen MR) is 582 cm³/mol. The third-order valence-corrected chi connectivity index (χ3v) is 37.1. The lowest BCUT2D eigenvalue weighted by molar-refractivity contribution is 1.22. The summed E-state index contributed by atoms with van der Waals surface area (Å²) in [4.78, 5) is 15.7. The number of hydrogen-bond donors (Lipinski definition) is 0. The van der Waals surface area contributed by atoms with Crippen LogP contribution in [0.4, 0.5) is 102 Å². The maximum absolute atomic E-state index is 2.70. The van der Waals surface area contributed by atoms with Crippen LogP contribution in [0.3, 0.4) is 0 Å². The molecule has 0 bridgehead atoms. The number of fused-ring (bicyclic) bond motifs is 8. The Hall–Kier alpha value is -14.2. The standard InChI is InChI=1S/C120H106B2N6Si4/c1-129(2,3)95-68-72-111-105(79-95)122-106-80-98(69-73-112(106)126(108-63-38-34-59-100(108)86-45-21-13-22-46-86)116-76-93(123(89-51-27-16-28-52-89)90-53-29-17-30-54-90)75-115(120(116)122)125(111)107-62-37-33-58-99(107)85-43-19-12-20-44-85)132(10,11)83-84-42-41-57-92(74-84)124(91-55-31-18-32-56-91)94-77-117-119-118(78-94)128(110-65-40-36-61-102(110)88-49-25-15-26-50-88)114-82-97(131(7,8)9)67-71-104(114)121(119)103-70-66-96(130(4,5)6)81-113(103)127(117)109-64-39-35-60-101(109)87-47-23-14-24-48-87/h12-82H,83H2,1-11H3. The number of rotatable bonds is 20. The van der Waals surface area contributed by atoms with Crippen molar-refractivity contribution in [1.82, 2.24) is 0 Å². The minimum atomic E-state index is -2.59. The lowest BCUT2D eigenvalue weighted by Crippen LogP contribution is -2.63. The van der Waals surface area contributed by atoms with Crippen molar-refractivity contribution in [3.05, 3.63) is 436 Å². The number of para-hydroxylation sites is 7. The van der Waals surface area contributed by atoms with E-state index in [-0.39, 0.29) is 13.4 Å². The molecule has 18 aromatic rings. The minimum Gasteiger partial charge on any atom is -0.311 e. The Morgan fingerprint density at radius 1 is 0.197 bits per heavy atom. The molecule has 0 saturated heterocycles. The Morgan fingerprint density at radius 3 is 0.818 bits per heavy atom. The topological polar surface area (TPSA) is 19.4 Å². The van der Waals surface area contributed by atoms with Crippen molar-refractivity contribution in [2.75, 3.05) is 29.4 Å². The Kier molecular flexibility index (Phi) is 21.0. The Labute approximate surface area is 783 Å². The molecule has 0 aliphatic carbocycles. The highest BCUT2D eigenvalue weighted by atomic mass is 28.3. The normalized spacial score (nSPS) is 13.1. The molecule has 4 aliphatic heterocycles. The van der Waals surface area contributed by atoms with Crippen LogP contribution >= 0.6 is 0 Å². The van der Waals surface area contributed by atoms with Gasteiger partial charge in [-0.3, -0.25) is 0 Å². The highest BCUT2D eigenvalue weighted by molar-refractivity contribution is 7.02. The van der Waals surface area contributed by atoms with Gasteiger partial charge in [-0.05, 0) is 188 Å². The molecular formula is C120H106B2N6Si4. The molecule has 132 heavy (non-hydrogen) atoms. The number of hydrogen-bond acceptors (Lipinski definition) is 6. The van der Waals surface area contributed by atoms with E-state index in [0.717, 1.165) is 96.8 Å². The van der Waals surface area contributed by atoms with Crippen molar-refractivity contribution in [3.63, 3.8) is 0 Å². The van der Waals surface area contributed by atoms with Gasteiger partial charge in [-0.1, -0.05) is 402 Å². The lowest BCUT2D eigenvalue weighted by Gasteiger charge is -2.46. The third kappa shape index (κ3) is 14.8. The van der Waals surface area contributed by atoms with E-state index in [1.165, 1.54) is 115 Å². The fourth-order valence-electron chi connectivity index (χ4n) is 21.2. The van der Waals surface area contributed by atoms with Gasteiger partial charge in [0, 0.05) is 90.5 Å². The quantitative estimate of drug-likeness (QED) is 0.0704. The van der Waals surface area contributed by atoms with Crippen LogP contribution in [0.15, 0.2) is 431 Å². The molecule has 12 heteroatoms. The zero-order valence-electron chi connectivity index (χ0n) is 77.0. The second-order valence-corrected chi connectivity index (χ2v) is 59.7. The van der Waals surface area contributed by atoms with E-state index in [4.69, 9.17) is 0 Å². The Morgan fingerprint density at radius 2 is 0.470 bits per heavy atom. The summed E-state index contributed by atoms with van der Waals surface area (Å²) in [6.07, 6.45) is 0. The molecular weight excluding hydrogens is 1660 g/mol. The van der Waals surface area contributed by atoms with Gasteiger partial charge in [0.05, 0.1) is 66.4 Å². The molecule has 0 N–H and O–H groups in total. The SMILES string of the molecule is C[Si](C)(C)c1ccc2c(c1)B1c3cc([Si](C)(C)Cc4cccc(N(c5ccccc5)c5cc6c7c(c5)N(c5ccccc5-c5ccccc5)c5cc([Si](C)(C)C)ccc5B7c5ccc([Si](C)(C)C)cc5N6c5ccccc5-c5ccccc5)c4)ccc3N(c3ccccc3-c3ccccc3)c3cc(N(c4ccccc4)c4ccccc4)cc(c31)N2c1ccccc1-c1ccccc1. The van der Waals surface area contributed by atoms with E-state index >= 15 is 0 Å². The molecule has 0 unspecified atom stereocenters. The number of nitrogens with zero attached hydrogens (tertiary/aromatic N) is 6. The zero-order chi connectivity index (χ0) is 89.9. The maximum Gasteiger partial charge on any atom is 0.252 e. The largest absolute Gasteiger partial charge is 0.311 e. The van der Waals surface area contributed by atoms with Crippen LogP contribution in [-0.4, -0.2) is 45.7 Å². The van der Waals surface area contributed by atoms with Gasteiger partial charge >= 0.3 is 0 Å². The molecule has 4 aliphatic rings. The molecule has 0 fully saturated rings. The van der Waals surface area contributed by atoms with Crippen LogP contribution in [0.5, 0.6) is 0 Å². The molecule has 0 spiro atoms. The van der Waals surface area contributed by atoms with Crippen molar-refractivity contribution in [1.29, 1.82) is 0 Å². The van der Waals surface area contributed by atoms with Crippen LogP contribution in [0.2, 0.25) is 72.0 Å². The van der Waals surface area contributed by atoms with Gasteiger partial charge in [-0.2, -0.15) is 0 Å². The Bertz CT molecular complexity index is 7220. The summed E-state index contributed by atoms with van der Waals surface area (Å²) in [5.74, 6) is 0. The van der Waals surface area contributed by atoms with Crippen LogP contribution in [0.25, 0.3) is 44.5 Å². The first-order valence-electron chi connectivity index (χ1n) is 46.7. The summed E-state index contributed by atoms with van der Waals surface area (Å²) >= 11 is 0. The monoisotopic (exact) mass is 1760 g/mol. The molecule has 0 aromatic heterocycles. The summed E-state index contributed by atoms with van der Waals surface area (Å²) in [6, 6.07) is 165. The molecule has 0 radical (unpaired) electrons. The van der Waals surface area contributed by atoms with Crippen LogP contribution < -0.4 is 82.9 Å². The summed E-state index contributed by atoms with van der Waals surface area (Å²) in [7, 11) is -8.44. The van der Waals surface area contributed by atoms with E-state index in [9.17, 15) is 0 Å². The van der Waals surface area contributed by atoms with Gasteiger partial charge in [-0.25, -0.2) is 0 Å². The molecule has 0 amide bonds. The fourth-order valence-corrected chi connectivity index (χ4v) is 27.3. The number of anilines is 18. The van der Waals surface area contributed by atoms with Crippen LogP contribution in [-0.2, 0) is 6.04 Å². The molecule has 0 atom stereocenters. The van der Waals surface area contributed by atoms with E-state index in [2.05, 4.69) is 532 Å².